The molecular formula is C26H37FO2. The molecule has 2 nitrogen and oxygen atoms in total. The van der Waals surface area contributed by atoms with Crippen LogP contribution in [0.15, 0.2) is 42.5 Å². The summed E-state index contributed by atoms with van der Waals surface area (Å²) in [7, 11) is 0. The fraction of sp³-hybridized carbons (Fsp3) is 0.538. The topological polar surface area (TPSA) is 18.5 Å². The van der Waals surface area contributed by atoms with Gasteiger partial charge in [-0.15, -0.1) is 0 Å². The van der Waals surface area contributed by atoms with Gasteiger partial charge in [0, 0.05) is 0 Å². The SMILES string of the molecule is CC(C)COc1ccc(F)c(C(C)CCC(C)COc2cccc(C(C)C)c2)c1. The van der Waals surface area contributed by atoms with Crippen molar-refractivity contribution in [3.8, 4) is 11.5 Å². The third-order valence-corrected chi connectivity index (χ3v) is 5.23. The highest BCUT2D eigenvalue weighted by Gasteiger charge is 2.15. The monoisotopic (exact) mass is 400 g/mol. The lowest BCUT2D eigenvalue weighted by Crippen LogP contribution is -2.10. The molecule has 2 rings (SSSR count). The Labute approximate surface area is 176 Å². The average molecular weight is 401 g/mol. The largest absolute Gasteiger partial charge is 0.493 e. The van der Waals surface area contributed by atoms with Crippen LogP contribution in [0.4, 0.5) is 4.39 Å². The quantitative estimate of drug-likeness (QED) is 0.387. The van der Waals surface area contributed by atoms with E-state index in [2.05, 4.69) is 59.7 Å². The Kier molecular flexibility index (Phi) is 9.00. The first-order chi connectivity index (χ1) is 13.8. The van der Waals surface area contributed by atoms with Gasteiger partial charge in [-0.2, -0.15) is 0 Å². The van der Waals surface area contributed by atoms with Gasteiger partial charge in [-0.05, 0) is 78.0 Å². The first kappa shape index (κ1) is 23.3. The molecular weight excluding hydrogens is 363 g/mol. The van der Waals surface area contributed by atoms with Gasteiger partial charge in [0.05, 0.1) is 13.2 Å². The van der Waals surface area contributed by atoms with Gasteiger partial charge < -0.3 is 9.47 Å². The van der Waals surface area contributed by atoms with E-state index < -0.39 is 0 Å². The molecule has 0 radical (unpaired) electrons. The van der Waals surface area contributed by atoms with Crippen molar-refractivity contribution in [3.05, 3.63) is 59.4 Å². The number of benzene rings is 2. The van der Waals surface area contributed by atoms with Gasteiger partial charge in [0.1, 0.15) is 17.3 Å². The predicted octanol–water partition coefficient (Wildman–Crippen LogP) is 7.58. The Morgan fingerprint density at radius 2 is 1.48 bits per heavy atom. The molecule has 0 N–H and O–H groups in total. The molecule has 2 aromatic rings. The lowest BCUT2D eigenvalue weighted by molar-refractivity contribution is 0.247. The van der Waals surface area contributed by atoms with E-state index in [0.717, 1.165) is 29.9 Å². The number of halogens is 1. The summed E-state index contributed by atoms with van der Waals surface area (Å²) >= 11 is 0. The Hall–Kier alpha value is -2.03. The number of rotatable bonds is 11. The Balaban J connectivity index is 1.85. The second kappa shape index (κ2) is 11.2. The van der Waals surface area contributed by atoms with Crippen LogP contribution in [0, 0.1) is 17.7 Å². The van der Waals surface area contributed by atoms with Gasteiger partial charge in [-0.1, -0.05) is 53.7 Å². The van der Waals surface area contributed by atoms with Crippen LogP contribution in [0.3, 0.4) is 0 Å². The molecule has 0 aliphatic heterocycles. The van der Waals surface area contributed by atoms with Crippen molar-refractivity contribution in [3.63, 3.8) is 0 Å². The highest BCUT2D eigenvalue weighted by molar-refractivity contribution is 5.32. The molecule has 2 aromatic carbocycles. The minimum absolute atomic E-state index is 0.143. The van der Waals surface area contributed by atoms with E-state index in [9.17, 15) is 4.39 Å². The molecule has 0 aliphatic carbocycles. The molecule has 29 heavy (non-hydrogen) atoms. The average Bonchev–Trinajstić information content (AvgIpc) is 2.70. The highest BCUT2D eigenvalue weighted by atomic mass is 19.1. The summed E-state index contributed by atoms with van der Waals surface area (Å²) in [5.74, 6) is 3.02. The van der Waals surface area contributed by atoms with Crippen molar-refractivity contribution >= 4 is 0 Å². The van der Waals surface area contributed by atoms with Crippen molar-refractivity contribution in [2.45, 2.75) is 66.2 Å². The minimum atomic E-state index is -0.149. The van der Waals surface area contributed by atoms with Crippen molar-refractivity contribution in [1.29, 1.82) is 0 Å². The van der Waals surface area contributed by atoms with E-state index in [-0.39, 0.29) is 11.7 Å². The van der Waals surface area contributed by atoms with Gasteiger partial charge >= 0.3 is 0 Å². The van der Waals surface area contributed by atoms with Gasteiger partial charge in [0.25, 0.3) is 0 Å². The van der Waals surface area contributed by atoms with Gasteiger partial charge in [-0.25, -0.2) is 4.39 Å². The fourth-order valence-electron chi connectivity index (χ4n) is 3.23. The Morgan fingerprint density at radius 3 is 2.17 bits per heavy atom. The number of hydrogen-bond donors (Lipinski definition) is 0. The van der Waals surface area contributed by atoms with E-state index in [1.54, 1.807) is 6.07 Å². The molecule has 0 aromatic heterocycles. The van der Waals surface area contributed by atoms with Crippen LogP contribution in [0.25, 0.3) is 0 Å². The van der Waals surface area contributed by atoms with Crippen LogP contribution >= 0.6 is 0 Å². The van der Waals surface area contributed by atoms with Crippen LogP contribution in [0.2, 0.25) is 0 Å². The lowest BCUT2D eigenvalue weighted by atomic mass is 9.92. The molecule has 0 fully saturated rings. The van der Waals surface area contributed by atoms with Crippen molar-refractivity contribution in [2.75, 3.05) is 13.2 Å². The molecule has 0 saturated carbocycles. The lowest BCUT2D eigenvalue weighted by Gasteiger charge is -2.18. The normalized spacial score (nSPS) is 13.6. The molecule has 2 atom stereocenters. The van der Waals surface area contributed by atoms with Crippen molar-refractivity contribution < 1.29 is 13.9 Å². The maximum atomic E-state index is 14.3. The summed E-state index contributed by atoms with van der Waals surface area (Å²) in [5, 5.41) is 0. The summed E-state index contributed by atoms with van der Waals surface area (Å²) in [6, 6.07) is 13.4. The van der Waals surface area contributed by atoms with Crippen molar-refractivity contribution in [1.82, 2.24) is 0 Å². The van der Waals surface area contributed by atoms with Crippen LogP contribution in [-0.2, 0) is 0 Å². The minimum Gasteiger partial charge on any atom is -0.493 e. The van der Waals surface area contributed by atoms with Gasteiger partial charge in [0.2, 0.25) is 0 Å². The van der Waals surface area contributed by atoms with Crippen LogP contribution in [-0.4, -0.2) is 13.2 Å². The maximum Gasteiger partial charge on any atom is 0.126 e. The van der Waals surface area contributed by atoms with Crippen LogP contribution < -0.4 is 9.47 Å². The Morgan fingerprint density at radius 1 is 0.793 bits per heavy atom. The highest BCUT2D eigenvalue weighted by Crippen LogP contribution is 2.29. The summed E-state index contributed by atoms with van der Waals surface area (Å²) in [5.41, 5.74) is 2.03. The second-order valence-electron chi connectivity index (χ2n) is 9.01. The van der Waals surface area contributed by atoms with E-state index in [1.807, 2.05) is 12.1 Å². The van der Waals surface area contributed by atoms with E-state index >= 15 is 0 Å². The van der Waals surface area contributed by atoms with Crippen molar-refractivity contribution in [2.24, 2.45) is 11.8 Å². The predicted molar refractivity (Wildman–Crippen MR) is 120 cm³/mol. The van der Waals surface area contributed by atoms with E-state index in [0.29, 0.717) is 31.0 Å². The molecule has 0 amide bonds. The molecule has 160 valence electrons. The maximum absolute atomic E-state index is 14.3. The third-order valence-electron chi connectivity index (χ3n) is 5.23. The standard InChI is InChI=1S/C26H37FO2/c1-18(2)16-28-24-12-13-26(27)25(15-24)21(6)11-10-20(5)17-29-23-9-7-8-22(14-23)19(3)4/h7-9,12-15,18-21H,10-11,16-17H2,1-6H3. The number of ether oxygens (including phenoxy) is 2. The van der Waals surface area contributed by atoms with Gasteiger partial charge in [-0.3, -0.25) is 0 Å². The fourth-order valence-corrected chi connectivity index (χ4v) is 3.23. The first-order valence-corrected chi connectivity index (χ1v) is 10.9. The molecule has 2 unspecified atom stereocenters. The van der Waals surface area contributed by atoms with E-state index in [4.69, 9.17) is 9.47 Å². The summed E-state index contributed by atoms with van der Waals surface area (Å²) in [4.78, 5) is 0. The van der Waals surface area contributed by atoms with Gasteiger partial charge in [0.15, 0.2) is 0 Å². The molecule has 0 saturated heterocycles. The van der Waals surface area contributed by atoms with E-state index in [1.165, 1.54) is 11.6 Å². The summed E-state index contributed by atoms with van der Waals surface area (Å²) in [6.07, 6.45) is 1.91. The molecule has 0 heterocycles. The summed E-state index contributed by atoms with van der Waals surface area (Å²) < 4.78 is 26.1. The third kappa shape index (κ3) is 7.72. The summed E-state index contributed by atoms with van der Waals surface area (Å²) in [6.45, 7) is 14.2. The molecule has 0 aliphatic rings. The zero-order valence-corrected chi connectivity index (χ0v) is 18.9. The first-order valence-electron chi connectivity index (χ1n) is 10.9. The molecule has 3 heteroatoms. The Bertz CT molecular complexity index is 754. The molecule has 0 bridgehead atoms. The second-order valence-corrected chi connectivity index (χ2v) is 9.01. The van der Waals surface area contributed by atoms with Crippen LogP contribution in [0.1, 0.15) is 77.3 Å². The number of hydrogen-bond acceptors (Lipinski definition) is 2. The molecule has 0 spiro atoms. The smallest absolute Gasteiger partial charge is 0.126 e. The zero-order chi connectivity index (χ0) is 21.4. The van der Waals surface area contributed by atoms with Crippen LogP contribution in [0.5, 0.6) is 11.5 Å². The zero-order valence-electron chi connectivity index (χ0n) is 18.9.